The molecule has 18 heteroatoms. The lowest BCUT2D eigenvalue weighted by atomic mass is 10.1. The third kappa shape index (κ3) is 12.9. The van der Waals surface area contributed by atoms with E-state index in [2.05, 4.69) is 0 Å². The highest BCUT2D eigenvalue weighted by Gasteiger charge is 2.27. The topological polar surface area (TPSA) is 319 Å². The minimum absolute atomic E-state index is 0.0186. The maximum absolute atomic E-state index is 10.9. The molecule has 3 aromatic carbocycles. The van der Waals surface area contributed by atoms with Crippen molar-refractivity contribution in [1.29, 1.82) is 0 Å². The molecule has 3 rings (SSSR count). The maximum Gasteiger partial charge on any atom is 0.337 e. The standard InChI is InChI=1S/C8H6O7S.2C8H6O4.C2H6O2/c9-7(10)4-2-1-3-5(8(11)12)6(4)16(13,14)15;9-7(10)5-1-2-6(4-3-5)8(11)12;9-7(10)5-2-1-3-6(4-5)8(11)12;3-1-2-4/h1-3H,(H,9,10)(H,11,12)(H,13,14,15);2*1-4H,(H,9,10)(H,11,12);3-4H,1-2H2. The summed E-state index contributed by atoms with van der Waals surface area (Å²) < 4.78 is 30.6. The number of rotatable bonds is 8. The van der Waals surface area contributed by atoms with Gasteiger partial charge in [0.05, 0.1) is 46.6 Å². The highest BCUT2D eigenvalue weighted by molar-refractivity contribution is 7.86. The molecule has 0 unspecified atom stereocenters. The summed E-state index contributed by atoms with van der Waals surface area (Å²) in [5, 5.41) is 66.5. The molecule has 44 heavy (non-hydrogen) atoms. The van der Waals surface area contributed by atoms with Crippen molar-refractivity contribution in [3.05, 3.63) is 100 Å². The van der Waals surface area contributed by atoms with E-state index in [0.29, 0.717) is 0 Å². The van der Waals surface area contributed by atoms with Crippen molar-refractivity contribution in [3.8, 4) is 0 Å². The molecule has 0 spiro atoms. The molecule has 0 aromatic heterocycles. The van der Waals surface area contributed by atoms with E-state index in [4.69, 9.17) is 45.4 Å². The van der Waals surface area contributed by atoms with Gasteiger partial charge in [0.2, 0.25) is 0 Å². The Bertz CT molecular complexity index is 1510. The summed E-state index contributed by atoms with van der Waals surface area (Å²) in [7, 11) is -4.92. The highest BCUT2D eigenvalue weighted by atomic mass is 32.2. The van der Waals surface area contributed by atoms with Gasteiger partial charge in [-0.2, -0.15) is 8.42 Å². The van der Waals surface area contributed by atoms with E-state index in [1.165, 1.54) is 42.5 Å². The summed E-state index contributed by atoms with van der Waals surface area (Å²) in [5.74, 6) is -7.67. The molecular weight excluding hydrogens is 616 g/mol. The molecule has 0 radical (unpaired) electrons. The zero-order valence-electron chi connectivity index (χ0n) is 22.0. The van der Waals surface area contributed by atoms with E-state index in [-0.39, 0.29) is 35.5 Å². The van der Waals surface area contributed by atoms with Gasteiger partial charge < -0.3 is 40.9 Å². The fourth-order valence-corrected chi connectivity index (χ4v) is 3.56. The Morgan fingerprint density at radius 1 is 0.477 bits per heavy atom. The molecule has 3 aromatic rings. The second kappa shape index (κ2) is 18.0. The Kier molecular flexibility index (Phi) is 15.7. The monoisotopic (exact) mass is 640 g/mol. The Labute approximate surface area is 246 Å². The molecule has 0 saturated heterocycles. The number of aromatic carboxylic acids is 6. The molecule has 0 aliphatic carbocycles. The molecule has 17 nitrogen and oxygen atoms in total. The lowest BCUT2D eigenvalue weighted by Gasteiger charge is -2.05. The van der Waals surface area contributed by atoms with Crippen LogP contribution in [0.5, 0.6) is 0 Å². The van der Waals surface area contributed by atoms with Gasteiger partial charge >= 0.3 is 35.8 Å². The van der Waals surface area contributed by atoms with Crippen LogP contribution in [0.2, 0.25) is 0 Å². The van der Waals surface area contributed by atoms with Crippen LogP contribution >= 0.6 is 0 Å². The van der Waals surface area contributed by atoms with Crippen LogP contribution in [0.3, 0.4) is 0 Å². The first kappa shape index (κ1) is 38.3. The van der Waals surface area contributed by atoms with Gasteiger partial charge in [0.1, 0.15) is 4.90 Å². The Morgan fingerprint density at radius 3 is 1.00 bits per heavy atom. The van der Waals surface area contributed by atoms with Crippen molar-refractivity contribution < 1.29 is 82.6 Å². The van der Waals surface area contributed by atoms with Crippen LogP contribution in [-0.4, -0.2) is 103 Å². The van der Waals surface area contributed by atoms with Crippen LogP contribution in [0, 0.1) is 0 Å². The first-order valence-electron chi connectivity index (χ1n) is 11.3. The number of carbonyl (C=O) groups is 6. The van der Waals surface area contributed by atoms with E-state index < -0.39 is 62.0 Å². The van der Waals surface area contributed by atoms with Gasteiger partial charge in [-0.25, -0.2) is 28.8 Å². The number of aliphatic hydroxyl groups is 2. The minimum Gasteiger partial charge on any atom is -0.478 e. The number of carboxylic acid groups (broad SMARTS) is 6. The molecule has 0 heterocycles. The molecule has 9 N–H and O–H groups in total. The van der Waals surface area contributed by atoms with Crippen molar-refractivity contribution in [2.24, 2.45) is 0 Å². The van der Waals surface area contributed by atoms with Gasteiger partial charge in [-0.15, -0.1) is 0 Å². The van der Waals surface area contributed by atoms with E-state index in [1.807, 2.05) is 0 Å². The van der Waals surface area contributed by atoms with Crippen LogP contribution in [0.25, 0.3) is 0 Å². The Balaban J connectivity index is 0.000000600. The van der Waals surface area contributed by atoms with Crippen LogP contribution in [0.15, 0.2) is 71.6 Å². The molecular formula is C26H24O17S. The maximum atomic E-state index is 10.9. The van der Waals surface area contributed by atoms with Gasteiger partial charge in [0, 0.05) is 0 Å². The second-order valence-corrected chi connectivity index (χ2v) is 8.95. The zero-order valence-corrected chi connectivity index (χ0v) is 22.8. The summed E-state index contributed by atoms with van der Waals surface area (Å²) in [5.41, 5.74) is -1.45. The lowest BCUT2D eigenvalue weighted by Crippen LogP contribution is -2.14. The van der Waals surface area contributed by atoms with Gasteiger partial charge in [-0.3, -0.25) is 4.55 Å². The van der Waals surface area contributed by atoms with Gasteiger partial charge in [0.15, 0.2) is 0 Å². The van der Waals surface area contributed by atoms with E-state index in [9.17, 15) is 37.2 Å². The van der Waals surface area contributed by atoms with Crippen molar-refractivity contribution in [2.45, 2.75) is 4.90 Å². The summed E-state index contributed by atoms with van der Waals surface area (Å²) in [6.07, 6.45) is 0. The van der Waals surface area contributed by atoms with Gasteiger partial charge in [0.25, 0.3) is 10.1 Å². The van der Waals surface area contributed by atoms with E-state index in [1.54, 1.807) is 0 Å². The molecule has 0 atom stereocenters. The van der Waals surface area contributed by atoms with Crippen LogP contribution in [-0.2, 0) is 10.1 Å². The van der Waals surface area contributed by atoms with Crippen LogP contribution in [0.1, 0.15) is 62.1 Å². The van der Waals surface area contributed by atoms with Crippen molar-refractivity contribution in [2.75, 3.05) is 13.2 Å². The largest absolute Gasteiger partial charge is 0.478 e. The zero-order chi connectivity index (χ0) is 34.2. The normalized spacial score (nSPS) is 9.80. The number of hydrogen-bond donors (Lipinski definition) is 9. The first-order chi connectivity index (χ1) is 20.4. The summed E-state index contributed by atoms with van der Waals surface area (Å²) >= 11 is 0. The van der Waals surface area contributed by atoms with Gasteiger partial charge in [-0.1, -0.05) is 12.1 Å². The van der Waals surface area contributed by atoms with Crippen molar-refractivity contribution in [1.82, 2.24) is 0 Å². The molecule has 0 saturated carbocycles. The van der Waals surface area contributed by atoms with E-state index >= 15 is 0 Å². The number of benzene rings is 3. The second-order valence-electron chi connectivity index (χ2n) is 7.59. The molecule has 0 fully saturated rings. The molecule has 0 aliphatic heterocycles. The van der Waals surface area contributed by atoms with E-state index in [0.717, 1.165) is 24.3 Å². The number of aliphatic hydroxyl groups excluding tert-OH is 2. The minimum atomic E-state index is -4.92. The molecule has 0 bridgehead atoms. The fourth-order valence-electron chi connectivity index (χ4n) is 2.69. The predicted molar refractivity (Wildman–Crippen MR) is 145 cm³/mol. The third-order valence-corrected chi connectivity index (χ3v) is 5.52. The third-order valence-electron chi connectivity index (χ3n) is 4.57. The van der Waals surface area contributed by atoms with Crippen LogP contribution in [0.4, 0.5) is 0 Å². The van der Waals surface area contributed by atoms with Crippen LogP contribution < -0.4 is 0 Å². The smallest absolute Gasteiger partial charge is 0.337 e. The SMILES string of the molecule is O=C(O)c1ccc(C(=O)O)cc1.O=C(O)c1cccc(C(=O)O)c1.O=C(O)c1cccc(C(=O)O)c1S(=O)(=O)O.OCCO. The lowest BCUT2D eigenvalue weighted by molar-refractivity contribution is 0.0671. The number of hydrogen-bond acceptors (Lipinski definition) is 10. The average Bonchev–Trinajstić information content (AvgIpc) is 2.97. The van der Waals surface area contributed by atoms with Crippen molar-refractivity contribution >= 4 is 45.9 Å². The molecule has 0 amide bonds. The summed E-state index contributed by atoms with van der Waals surface area (Å²) in [6.45, 7) is -0.250. The van der Waals surface area contributed by atoms with Gasteiger partial charge in [-0.05, 0) is 54.6 Å². The summed E-state index contributed by atoms with van der Waals surface area (Å²) in [4.78, 5) is 61.7. The highest BCUT2D eigenvalue weighted by Crippen LogP contribution is 2.21. The molecule has 236 valence electrons. The summed E-state index contributed by atoms with van der Waals surface area (Å²) in [6, 6.07) is 13.1. The fraction of sp³-hybridized carbons (Fsp3) is 0.0769. The Hall–Kier alpha value is -5.69. The van der Waals surface area contributed by atoms with Crippen molar-refractivity contribution in [3.63, 3.8) is 0 Å². The predicted octanol–water partition coefficient (Wildman–Crippen LogP) is 1.47. The Morgan fingerprint density at radius 2 is 0.773 bits per heavy atom. The number of carboxylic acids is 6. The average molecular weight is 641 g/mol. The quantitative estimate of drug-likeness (QED) is 0.157. The molecule has 0 aliphatic rings. The first-order valence-corrected chi connectivity index (χ1v) is 12.7.